The molecule has 1 aliphatic carbocycles. The molecule has 2 aliphatic rings. The smallest absolute Gasteiger partial charge is 0.308 e. The quantitative estimate of drug-likeness (QED) is 0.757. The van der Waals surface area contributed by atoms with Crippen LogP contribution in [0.3, 0.4) is 0 Å². The summed E-state index contributed by atoms with van der Waals surface area (Å²) in [6, 6.07) is 0. The molecule has 0 aromatic carbocycles. The number of carbonyl (C=O) groups is 1. The number of hydrogen-bond donors (Lipinski definition) is 2. The maximum absolute atomic E-state index is 11.3. The van der Waals surface area contributed by atoms with Gasteiger partial charge in [0, 0.05) is 13.1 Å². The van der Waals surface area contributed by atoms with Crippen molar-refractivity contribution in [1.29, 1.82) is 0 Å². The summed E-state index contributed by atoms with van der Waals surface area (Å²) in [7, 11) is 0. The second-order valence-corrected chi connectivity index (χ2v) is 5.97. The molecule has 1 spiro atoms. The Kier molecular flexibility index (Phi) is 3.24. The summed E-state index contributed by atoms with van der Waals surface area (Å²) < 4.78 is 0. The third-order valence-electron chi connectivity index (χ3n) is 4.83. The first-order valence-electron chi connectivity index (χ1n) is 6.49. The fraction of sp³-hybridized carbons (Fsp3) is 0.923. The van der Waals surface area contributed by atoms with E-state index in [1.54, 1.807) is 0 Å². The van der Waals surface area contributed by atoms with Crippen molar-refractivity contribution < 1.29 is 9.90 Å². The van der Waals surface area contributed by atoms with Crippen LogP contribution >= 0.6 is 0 Å². The molecule has 1 saturated carbocycles. The summed E-state index contributed by atoms with van der Waals surface area (Å²) in [6.07, 6.45) is 4.62. The highest BCUT2D eigenvalue weighted by Crippen LogP contribution is 2.47. The maximum Gasteiger partial charge on any atom is 0.308 e. The Morgan fingerprint density at radius 1 is 1.38 bits per heavy atom. The first-order valence-corrected chi connectivity index (χ1v) is 6.49. The average Bonchev–Trinajstić information content (AvgIpc) is 2.62. The fourth-order valence-electron chi connectivity index (χ4n) is 3.56. The lowest BCUT2D eigenvalue weighted by molar-refractivity contribution is -0.145. The van der Waals surface area contributed by atoms with E-state index in [1.807, 2.05) is 0 Å². The predicted octanol–water partition coefficient (Wildman–Crippen LogP) is 2.12. The van der Waals surface area contributed by atoms with Gasteiger partial charge in [0.1, 0.15) is 0 Å². The lowest BCUT2D eigenvalue weighted by Crippen LogP contribution is -2.39. The minimum atomic E-state index is -0.604. The molecule has 2 N–H and O–H groups in total. The van der Waals surface area contributed by atoms with E-state index < -0.39 is 5.97 Å². The molecule has 0 amide bonds. The summed E-state index contributed by atoms with van der Waals surface area (Å²) in [5, 5.41) is 12.5. The molecular weight excluding hydrogens is 202 g/mol. The van der Waals surface area contributed by atoms with Crippen molar-refractivity contribution in [3.63, 3.8) is 0 Å². The molecule has 16 heavy (non-hydrogen) atoms. The minimum Gasteiger partial charge on any atom is -0.481 e. The number of carboxylic acids is 1. The highest BCUT2D eigenvalue weighted by Gasteiger charge is 2.48. The van der Waals surface area contributed by atoms with Gasteiger partial charge in [0.05, 0.1) is 5.92 Å². The van der Waals surface area contributed by atoms with Crippen molar-refractivity contribution >= 4 is 5.97 Å². The Labute approximate surface area is 97.6 Å². The van der Waals surface area contributed by atoms with Crippen LogP contribution in [0.5, 0.6) is 0 Å². The van der Waals surface area contributed by atoms with Gasteiger partial charge in [-0.3, -0.25) is 4.79 Å². The van der Waals surface area contributed by atoms with Crippen molar-refractivity contribution in [2.45, 2.75) is 39.5 Å². The lowest BCUT2D eigenvalue weighted by Gasteiger charge is -2.40. The van der Waals surface area contributed by atoms with E-state index >= 15 is 0 Å². The van der Waals surface area contributed by atoms with Crippen LogP contribution in [0.25, 0.3) is 0 Å². The van der Waals surface area contributed by atoms with E-state index in [0.29, 0.717) is 6.54 Å². The molecule has 92 valence electrons. The topological polar surface area (TPSA) is 49.3 Å². The average molecular weight is 225 g/mol. The van der Waals surface area contributed by atoms with Crippen LogP contribution < -0.4 is 5.32 Å². The molecule has 1 atom stereocenters. The third-order valence-corrected chi connectivity index (χ3v) is 4.83. The first-order chi connectivity index (χ1) is 7.55. The standard InChI is InChI=1S/C13H23NO2/c1-9(2)10-3-5-13(6-4-10)8-14-7-11(13)12(15)16/h9-11,14H,3-8H2,1-2H3,(H,15,16). The molecular formula is C13H23NO2. The SMILES string of the molecule is CC(C)C1CCC2(CC1)CNCC2C(=O)O. The van der Waals surface area contributed by atoms with Gasteiger partial charge in [0.2, 0.25) is 0 Å². The monoisotopic (exact) mass is 225 g/mol. The molecule has 0 aromatic rings. The van der Waals surface area contributed by atoms with Crippen molar-refractivity contribution in [1.82, 2.24) is 5.32 Å². The van der Waals surface area contributed by atoms with Crippen LogP contribution in [0.4, 0.5) is 0 Å². The molecule has 3 nitrogen and oxygen atoms in total. The zero-order chi connectivity index (χ0) is 11.8. The molecule has 2 rings (SSSR count). The van der Waals surface area contributed by atoms with E-state index in [4.69, 9.17) is 0 Å². The first kappa shape index (κ1) is 11.9. The summed E-state index contributed by atoms with van der Waals surface area (Å²) in [5.74, 6) is 0.796. The zero-order valence-corrected chi connectivity index (χ0v) is 10.3. The minimum absolute atomic E-state index is 0.0667. The van der Waals surface area contributed by atoms with Crippen molar-refractivity contribution in [3.8, 4) is 0 Å². The predicted molar refractivity (Wildman–Crippen MR) is 63.2 cm³/mol. The number of rotatable bonds is 2. The van der Waals surface area contributed by atoms with Crippen LogP contribution in [0.15, 0.2) is 0 Å². The Balaban J connectivity index is 2.03. The zero-order valence-electron chi connectivity index (χ0n) is 10.3. The van der Waals surface area contributed by atoms with Gasteiger partial charge >= 0.3 is 5.97 Å². The van der Waals surface area contributed by atoms with Gasteiger partial charge < -0.3 is 10.4 Å². The van der Waals surface area contributed by atoms with Crippen LogP contribution in [0.2, 0.25) is 0 Å². The maximum atomic E-state index is 11.3. The summed E-state index contributed by atoms with van der Waals surface area (Å²) in [4.78, 5) is 11.3. The molecule has 1 unspecified atom stereocenters. The molecule has 1 heterocycles. The van der Waals surface area contributed by atoms with Crippen LogP contribution in [-0.4, -0.2) is 24.2 Å². The summed E-state index contributed by atoms with van der Waals surface area (Å²) in [6.45, 7) is 6.14. The fourth-order valence-corrected chi connectivity index (χ4v) is 3.56. The molecule has 1 saturated heterocycles. The normalized spacial score (nSPS) is 39.4. The number of carboxylic acid groups (broad SMARTS) is 1. The number of hydrogen-bond acceptors (Lipinski definition) is 2. The largest absolute Gasteiger partial charge is 0.481 e. The highest BCUT2D eigenvalue weighted by atomic mass is 16.4. The molecule has 0 radical (unpaired) electrons. The third kappa shape index (κ3) is 1.97. The van der Waals surface area contributed by atoms with E-state index in [9.17, 15) is 9.90 Å². The lowest BCUT2D eigenvalue weighted by atomic mass is 9.63. The molecule has 1 aliphatic heterocycles. The Morgan fingerprint density at radius 2 is 2.00 bits per heavy atom. The van der Waals surface area contributed by atoms with Crippen LogP contribution in [0, 0.1) is 23.2 Å². The van der Waals surface area contributed by atoms with E-state index in [2.05, 4.69) is 19.2 Å². The molecule has 3 heteroatoms. The second-order valence-electron chi connectivity index (χ2n) is 5.97. The Hall–Kier alpha value is -0.570. The highest BCUT2D eigenvalue weighted by molar-refractivity contribution is 5.72. The summed E-state index contributed by atoms with van der Waals surface area (Å²) in [5.41, 5.74) is 0.0667. The van der Waals surface area contributed by atoms with Crippen LogP contribution in [-0.2, 0) is 4.79 Å². The van der Waals surface area contributed by atoms with Crippen molar-refractivity contribution in [3.05, 3.63) is 0 Å². The van der Waals surface area contributed by atoms with Gasteiger partial charge in [-0.05, 0) is 42.9 Å². The van der Waals surface area contributed by atoms with Crippen molar-refractivity contribution in [2.24, 2.45) is 23.2 Å². The molecule has 0 aromatic heterocycles. The number of aliphatic carboxylic acids is 1. The van der Waals surface area contributed by atoms with E-state index in [-0.39, 0.29) is 11.3 Å². The van der Waals surface area contributed by atoms with Crippen molar-refractivity contribution in [2.75, 3.05) is 13.1 Å². The summed E-state index contributed by atoms with van der Waals surface area (Å²) >= 11 is 0. The van der Waals surface area contributed by atoms with Gasteiger partial charge in [0.25, 0.3) is 0 Å². The Bertz CT molecular complexity index is 267. The van der Waals surface area contributed by atoms with Gasteiger partial charge in [0.15, 0.2) is 0 Å². The van der Waals surface area contributed by atoms with E-state index in [1.165, 1.54) is 12.8 Å². The van der Waals surface area contributed by atoms with Gasteiger partial charge in [-0.2, -0.15) is 0 Å². The molecule has 2 fully saturated rings. The number of nitrogens with one attached hydrogen (secondary N) is 1. The van der Waals surface area contributed by atoms with Gasteiger partial charge in [-0.1, -0.05) is 13.8 Å². The second kappa shape index (κ2) is 4.36. The Morgan fingerprint density at radius 3 is 2.50 bits per heavy atom. The van der Waals surface area contributed by atoms with Gasteiger partial charge in [-0.15, -0.1) is 0 Å². The van der Waals surface area contributed by atoms with Crippen LogP contribution in [0.1, 0.15) is 39.5 Å². The molecule has 0 bridgehead atoms. The van der Waals surface area contributed by atoms with E-state index in [0.717, 1.165) is 31.2 Å². The van der Waals surface area contributed by atoms with Gasteiger partial charge in [-0.25, -0.2) is 0 Å².